The van der Waals surface area contributed by atoms with Gasteiger partial charge in [0.2, 0.25) is 17.7 Å². The van der Waals surface area contributed by atoms with Crippen LogP contribution in [0.5, 0.6) is 0 Å². The van der Waals surface area contributed by atoms with E-state index in [0.29, 0.717) is 5.69 Å². The molecule has 0 heterocycles. The summed E-state index contributed by atoms with van der Waals surface area (Å²) < 4.78 is 52.4. The van der Waals surface area contributed by atoms with Crippen molar-refractivity contribution in [2.45, 2.75) is 51.2 Å². The molecular weight excluding hydrogens is 507 g/mol. The molecule has 0 radical (unpaired) electrons. The molecule has 1 saturated carbocycles. The molecule has 1 atom stereocenters. The lowest BCUT2D eigenvalue weighted by Crippen LogP contribution is -2.46. The van der Waals surface area contributed by atoms with Crippen molar-refractivity contribution >= 4 is 39.9 Å². The first kappa shape index (κ1) is 28.4. The normalized spacial score (nSPS) is 15.0. The van der Waals surface area contributed by atoms with Gasteiger partial charge in [0, 0.05) is 28.2 Å². The standard InChI is InChI=1S/C26H30F3N3O4S/c1-18-10-12-21(13-11-18)31-24(34)16-37(36)17-25(35)32(15-23(33)30-20-7-3-2-4-8-20)22-9-5-6-19(14-22)26(27,28)29/h5-6,9-14,20H,2-4,7-8,15-17H2,1H3,(H,30,33)(H,31,34)/t37-/m1/s1. The minimum Gasteiger partial charge on any atom is -0.352 e. The summed E-state index contributed by atoms with van der Waals surface area (Å²) in [6.07, 6.45) is -0.0566. The van der Waals surface area contributed by atoms with Gasteiger partial charge in [0.05, 0.1) is 5.56 Å². The molecule has 1 aliphatic carbocycles. The first-order valence-electron chi connectivity index (χ1n) is 12.0. The molecule has 200 valence electrons. The molecule has 1 fully saturated rings. The summed E-state index contributed by atoms with van der Waals surface area (Å²) in [5, 5.41) is 5.43. The zero-order valence-corrected chi connectivity index (χ0v) is 21.3. The number of rotatable bonds is 9. The minimum atomic E-state index is -4.65. The first-order valence-corrected chi connectivity index (χ1v) is 13.5. The van der Waals surface area contributed by atoms with Crippen LogP contribution in [0.1, 0.15) is 43.2 Å². The van der Waals surface area contributed by atoms with E-state index in [2.05, 4.69) is 10.6 Å². The summed E-state index contributed by atoms with van der Waals surface area (Å²) in [5.74, 6) is -3.02. The number of nitrogens with one attached hydrogen (secondary N) is 2. The van der Waals surface area contributed by atoms with Crippen molar-refractivity contribution in [1.29, 1.82) is 0 Å². The maximum atomic E-state index is 13.3. The Kier molecular flexibility index (Phi) is 9.85. The van der Waals surface area contributed by atoms with Crippen LogP contribution in [-0.4, -0.2) is 46.0 Å². The molecule has 3 amide bonds. The number of alkyl halides is 3. The van der Waals surface area contributed by atoms with Gasteiger partial charge < -0.3 is 15.5 Å². The van der Waals surface area contributed by atoms with E-state index in [1.54, 1.807) is 24.3 Å². The number of carbonyl (C=O) groups excluding carboxylic acids is 3. The summed E-state index contributed by atoms with van der Waals surface area (Å²) >= 11 is 0. The van der Waals surface area contributed by atoms with Gasteiger partial charge in [0.25, 0.3) is 0 Å². The van der Waals surface area contributed by atoms with Gasteiger partial charge in [-0.3, -0.25) is 18.6 Å². The Bertz CT molecular complexity index is 1130. The van der Waals surface area contributed by atoms with E-state index in [4.69, 9.17) is 0 Å². The average Bonchev–Trinajstić information content (AvgIpc) is 2.84. The second-order valence-corrected chi connectivity index (χ2v) is 10.5. The molecule has 7 nitrogen and oxygen atoms in total. The summed E-state index contributed by atoms with van der Waals surface area (Å²) in [6, 6.07) is 11.0. The number of nitrogens with zero attached hydrogens (tertiary/aromatic N) is 1. The Balaban J connectivity index is 1.70. The number of amides is 3. The van der Waals surface area contributed by atoms with Crippen molar-refractivity contribution in [2.24, 2.45) is 0 Å². The molecule has 1 aliphatic rings. The van der Waals surface area contributed by atoms with Gasteiger partial charge in [-0.05, 0) is 50.1 Å². The predicted octanol–water partition coefficient (Wildman–Crippen LogP) is 4.18. The Labute approximate surface area is 216 Å². The fourth-order valence-electron chi connectivity index (χ4n) is 4.08. The highest BCUT2D eigenvalue weighted by Gasteiger charge is 2.32. The minimum absolute atomic E-state index is 0.0562. The van der Waals surface area contributed by atoms with Crippen molar-refractivity contribution in [3.05, 3.63) is 59.7 Å². The van der Waals surface area contributed by atoms with Gasteiger partial charge in [-0.25, -0.2) is 0 Å². The van der Waals surface area contributed by atoms with Gasteiger partial charge in [0.1, 0.15) is 18.1 Å². The zero-order chi connectivity index (χ0) is 27.0. The van der Waals surface area contributed by atoms with E-state index < -0.39 is 58.3 Å². The number of halogens is 3. The fourth-order valence-corrected chi connectivity index (χ4v) is 4.98. The molecule has 0 saturated heterocycles. The average molecular weight is 538 g/mol. The molecule has 2 aromatic rings. The van der Waals surface area contributed by atoms with E-state index in [9.17, 15) is 31.8 Å². The van der Waals surface area contributed by atoms with Crippen molar-refractivity contribution < 1.29 is 31.8 Å². The molecule has 3 rings (SSSR count). The Morgan fingerprint density at radius 3 is 2.30 bits per heavy atom. The van der Waals surface area contributed by atoms with Crippen LogP contribution in [0, 0.1) is 6.92 Å². The van der Waals surface area contributed by atoms with Crippen LogP contribution in [0.3, 0.4) is 0 Å². The van der Waals surface area contributed by atoms with Crippen molar-refractivity contribution in [3.8, 4) is 0 Å². The largest absolute Gasteiger partial charge is 0.416 e. The quantitative estimate of drug-likeness (QED) is 0.502. The molecular formula is C26H30F3N3O4S. The number of hydrogen-bond donors (Lipinski definition) is 2. The number of benzene rings is 2. The van der Waals surface area contributed by atoms with E-state index >= 15 is 0 Å². The van der Waals surface area contributed by atoms with Crippen LogP contribution in [-0.2, 0) is 31.4 Å². The monoisotopic (exact) mass is 537 g/mol. The third-order valence-electron chi connectivity index (χ3n) is 5.97. The van der Waals surface area contributed by atoms with Crippen molar-refractivity contribution in [1.82, 2.24) is 5.32 Å². The van der Waals surface area contributed by atoms with Gasteiger partial charge in [-0.15, -0.1) is 0 Å². The summed E-state index contributed by atoms with van der Waals surface area (Å²) in [7, 11) is -1.95. The Morgan fingerprint density at radius 1 is 0.973 bits per heavy atom. The van der Waals surface area contributed by atoms with Crippen LogP contribution >= 0.6 is 0 Å². The van der Waals surface area contributed by atoms with E-state index in [1.807, 2.05) is 6.92 Å². The van der Waals surface area contributed by atoms with Gasteiger partial charge >= 0.3 is 6.18 Å². The lowest BCUT2D eigenvalue weighted by Gasteiger charge is -2.26. The van der Waals surface area contributed by atoms with Crippen LogP contribution in [0.4, 0.5) is 24.5 Å². The molecule has 0 aliphatic heterocycles. The summed E-state index contributed by atoms with van der Waals surface area (Å²) in [4.78, 5) is 38.9. The van der Waals surface area contributed by atoms with Crippen molar-refractivity contribution in [3.63, 3.8) is 0 Å². The maximum absolute atomic E-state index is 13.3. The molecule has 2 aromatic carbocycles. The smallest absolute Gasteiger partial charge is 0.352 e. The third kappa shape index (κ3) is 8.99. The molecule has 37 heavy (non-hydrogen) atoms. The van der Waals surface area contributed by atoms with Crippen LogP contribution < -0.4 is 15.5 Å². The number of aryl methyl sites for hydroxylation is 1. The van der Waals surface area contributed by atoms with Crippen LogP contribution in [0.2, 0.25) is 0 Å². The summed E-state index contributed by atoms with van der Waals surface area (Å²) in [5.41, 5.74) is 0.382. The molecule has 11 heteroatoms. The first-order chi connectivity index (χ1) is 17.5. The van der Waals surface area contributed by atoms with Gasteiger partial charge in [-0.2, -0.15) is 13.2 Å². The number of carbonyl (C=O) groups is 3. The zero-order valence-electron chi connectivity index (χ0n) is 20.5. The molecule has 0 aromatic heterocycles. The Hall–Kier alpha value is -3.21. The van der Waals surface area contributed by atoms with Crippen molar-refractivity contribution in [2.75, 3.05) is 28.3 Å². The SMILES string of the molecule is Cc1ccc(NC(=O)C[S@@](=O)CC(=O)N(CC(=O)NC2CCCCC2)c2cccc(C(F)(F)F)c2)cc1. The maximum Gasteiger partial charge on any atom is 0.416 e. The Morgan fingerprint density at radius 2 is 1.65 bits per heavy atom. The van der Waals surface area contributed by atoms with E-state index in [1.165, 1.54) is 6.07 Å². The molecule has 2 N–H and O–H groups in total. The molecule has 0 bridgehead atoms. The summed E-state index contributed by atoms with van der Waals surface area (Å²) in [6.45, 7) is 1.36. The molecule has 0 spiro atoms. The second kappa shape index (κ2) is 12.8. The highest BCUT2D eigenvalue weighted by atomic mass is 32.2. The predicted molar refractivity (Wildman–Crippen MR) is 136 cm³/mol. The fraction of sp³-hybridized carbons (Fsp3) is 0.423. The third-order valence-corrected chi connectivity index (χ3v) is 7.12. The highest BCUT2D eigenvalue weighted by Crippen LogP contribution is 2.31. The van der Waals surface area contributed by atoms with Crippen LogP contribution in [0.15, 0.2) is 48.5 Å². The van der Waals surface area contributed by atoms with E-state index in [-0.39, 0.29) is 11.7 Å². The van der Waals surface area contributed by atoms with E-state index in [0.717, 1.165) is 60.8 Å². The second-order valence-electron chi connectivity index (χ2n) is 9.07. The number of anilines is 2. The number of hydrogen-bond acceptors (Lipinski definition) is 4. The van der Waals surface area contributed by atoms with Gasteiger partial charge in [0.15, 0.2) is 0 Å². The topological polar surface area (TPSA) is 95.6 Å². The molecule has 0 unspecified atom stereocenters. The van der Waals surface area contributed by atoms with Crippen LogP contribution in [0.25, 0.3) is 0 Å². The lowest BCUT2D eigenvalue weighted by molar-refractivity contribution is -0.137. The van der Waals surface area contributed by atoms with Gasteiger partial charge in [-0.1, -0.05) is 43.0 Å². The highest BCUT2D eigenvalue weighted by molar-refractivity contribution is 7.86. The lowest BCUT2D eigenvalue weighted by atomic mass is 9.95.